The van der Waals surface area contributed by atoms with E-state index in [1.165, 1.54) is 18.2 Å². The third-order valence-corrected chi connectivity index (χ3v) is 5.32. The smallest absolute Gasteiger partial charge is 0.417 e. The van der Waals surface area contributed by atoms with Crippen molar-refractivity contribution in [3.63, 3.8) is 0 Å². The molecule has 2 aromatic rings. The standard InChI is InChI=1S/C22H24ClF3N2O3S/c1-21(2,3)31-20(29)28-10-13(11-28)12-30-16-6-4-14(5-7-16)19-17(22(24,25)26)8-15(27-32)9-18(19)23/h4-9,13,27,32H,10-12H2,1-3H3. The molecule has 1 aliphatic rings. The molecule has 0 spiro atoms. The number of thiol groups is 1. The van der Waals surface area contributed by atoms with Crippen molar-refractivity contribution >= 4 is 36.2 Å². The van der Waals surface area contributed by atoms with Crippen molar-refractivity contribution in [2.75, 3.05) is 24.4 Å². The van der Waals surface area contributed by atoms with Crippen LogP contribution in [0.2, 0.25) is 5.02 Å². The van der Waals surface area contributed by atoms with E-state index in [0.29, 0.717) is 31.0 Å². The molecule has 0 radical (unpaired) electrons. The summed E-state index contributed by atoms with van der Waals surface area (Å²) < 4.78 is 54.2. The van der Waals surface area contributed by atoms with Gasteiger partial charge in [0.25, 0.3) is 0 Å². The molecular formula is C22H24ClF3N2O3S. The number of alkyl halides is 3. The van der Waals surface area contributed by atoms with Gasteiger partial charge in [0.2, 0.25) is 0 Å². The van der Waals surface area contributed by atoms with Gasteiger partial charge in [-0.2, -0.15) is 13.2 Å². The molecule has 2 aromatic carbocycles. The Hall–Kier alpha value is -2.26. The molecule has 1 heterocycles. The van der Waals surface area contributed by atoms with E-state index in [1.807, 2.05) is 20.8 Å². The lowest BCUT2D eigenvalue weighted by Crippen LogP contribution is -2.53. The number of likely N-dealkylation sites (tertiary alicyclic amines) is 1. The average molecular weight is 489 g/mol. The van der Waals surface area contributed by atoms with Gasteiger partial charge in [0.1, 0.15) is 11.4 Å². The van der Waals surface area contributed by atoms with Crippen LogP contribution in [0.4, 0.5) is 23.7 Å². The third-order valence-electron chi connectivity index (χ3n) is 4.76. The maximum absolute atomic E-state index is 13.6. The number of anilines is 1. The van der Waals surface area contributed by atoms with E-state index in [0.717, 1.165) is 6.07 Å². The van der Waals surface area contributed by atoms with Gasteiger partial charge in [-0.1, -0.05) is 36.5 Å². The second-order valence-electron chi connectivity index (χ2n) is 8.58. The summed E-state index contributed by atoms with van der Waals surface area (Å²) in [6, 6.07) is 8.62. The highest BCUT2D eigenvalue weighted by molar-refractivity contribution is 7.81. The van der Waals surface area contributed by atoms with Crippen molar-refractivity contribution in [1.29, 1.82) is 0 Å². The van der Waals surface area contributed by atoms with Gasteiger partial charge >= 0.3 is 12.3 Å². The zero-order valence-corrected chi connectivity index (χ0v) is 19.4. The Morgan fingerprint density at radius 1 is 1.19 bits per heavy atom. The van der Waals surface area contributed by atoms with E-state index in [9.17, 15) is 18.0 Å². The molecule has 1 N–H and O–H groups in total. The number of ether oxygens (including phenoxy) is 2. The second-order valence-corrected chi connectivity index (χ2v) is 9.21. The monoisotopic (exact) mass is 488 g/mol. The van der Waals surface area contributed by atoms with Crippen molar-refractivity contribution in [2.24, 2.45) is 5.92 Å². The van der Waals surface area contributed by atoms with E-state index in [4.69, 9.17) is 21.1 Å². The zero-order valence-electron chi connectivity index (χ0n) is 17.8. The average Bonchev–Trinajstić information content (AvgIpc) is 2.64. The minimum Gasteiger partial charge on any atom is -0.493 e. The first-order chi connectivity index (χ1) is 14.9. The van der Waals surface area contributed by atoms with Crippen molar-refractivity contribution < 1.29 is 27.4 Å². The van der Waals surface area contributed by atoms with Gasteiger partial charge in [0.05, 0.1) is 17.2 Å². The third kappa shape index (κ3) is 5.95. The largest absolute Gasteiger partial charge is 0.493 e. The first-order valence-corrected chi connectivity index (χ1v) is 10.7. The summed E-state index contributed by atoms with van der Waals surface area (Å²) in [6.45, 7) is 6.88. The molecular weight excluding hydrogens is 465 g/mol. The first-order valence-electron chi connectivity index (χ1n) is 9.89. The summed E-state index contributed by atoms with van der Waals surface area (Å²) >= 11 is 9.96. The minimum atomic E-state index is -4.58. The van der Waals surface area contributed by atoms with Crippen LogP contribution in [0.5, 0.6) is 5.75 Å². The molecule has 1 amide bonds. The van der Waals surface area contributed by atoms with E-state index in [-0.39, 0.29) is 28.3 Å². The highest BCUT2D eigenvalue weighted by Gasteiger charge is 2.36. The van der Waals surface area contributed by atoms with Gasteiger partial charge in [-0.15, -0.1) is 0 Å². The highest BCUT2D eigenvalue weighted by Crippen LogP contribution is 2.43. The van der Waals surface area contributed by atoms with Gasteiger partial charge in [0.15, 0.2) is 0 Å². The maximum atomic E-state index is 13.6. The quantitative estimate of drug-likeness (QED) is 0.470. The number of amides is 1. The Bertz CT molecular complexity index is 972. The number of nitrogens with zero attached hydrogens (tertiary/aromatic N) is 1. The Morgan fingerprint density at radius 3 is 2.34 bits per heavy atom. The van der Waals surface area contributed by atoms with Crippen molar-refractivity contribution in [1.82, 2.24) is 4.90 Å². The van der Waals surface area contributed by atoms with Gasteiger partial charge in [-0.3, -0.25) is 0 Å². The van der Waals surface area contributed by atoms with Crippen LogP contribution in [-0.4, -0.2) is 36.3 Å². The Labute approximate surface area is 195 Å². The number of benzene rings is 2. The van der Waals surface area contributed by atoms with E-state index in [1.54, 1.807) is 17.0 Å². The summed E-state index contributed by atoms with van der Waals surface area (Å²) in [6.07, 6.45) is -4.94. The fourth-order valence-corrected chi connectivity index (χ4v) is 3.73. The molecule has 1 fully saturated rings. The molecule has 0 aliphatic carbocycles. The van der Waals surface area contributed by atoms with E-state index in [2.05, 4.69) is 17.5 Å². The number of rotatable bonds is 5. The van der Waals surface area contributed by atoms with Crippen LogP contribution >= 0.6 is 24.4 Å². The van der Waals surface area contributed by atoms with E-state index < -0.39 is 17.3 Å². The zero-order chi connectivity index (χ0) is 23.7. The Morgan fingerprint density at radius 2 is 1.81 bits per heavy atom. The Balaban J connectivity index is 1.63. The van der Waals surface area contributed by atoms with Gasteiger partial charge in [-0.25, -0.2) is 4.79 Å². The number of carbonyl (C=O) groups is 1. The van der Waals surface area contributed by atoms with Crippen LogP contribution in [0, 0.1) is 5.92 Å². The molecule has 5 nitrogen and oxygen atoms in total. The number of halogens is 4. The number of nitrogens with one attached hydrogen (secondary N) is 1. The van der Waals surface area contributed by atoms with Gasteiger partial charge in [0, 0.05) is 30.3 Å². The lowest BCUT2D eigenvalue weighted by Gasteiger charge is -2.39. The molecule has 174 valence electrons. The molecule has 1 aliphatic heterocycles. The fourth-order valence-electron chi connectivity index (χ4n) is 3.27. The van der Waals surface area contributed by atoms with Crippen LogP contribution in [0.1, 0.15) is 26.3 Å². The lowest BCUT2D eigenvalue weighted by atomic mass is 9.98. The van der Waals surface area contributed by atoms with Crippen LogP contribution in [0.25, 0.3) is 11.1 Å². The predicted molar refractivity (Wildman–Crippen MR) is 121 cm³/mol. The van der Waals surface area contributed by atoms with Crippen molar-refractivity contribution in [3.8, 4) is 16.9 Å². The number of hydrogen-bond acceptors (Lipinski definition) is 5. The van der Waals surface area contributed by atoms with Gasteiger partial charge in [-0.05, 0) is 50.6 Å². The van der Waals surface area contributed by atoms with Crippen molar-refractivity contribution in [3.05, 3.63) is 47.0 Å². The molecule has 3 rings (SSSR count). The predicted octanol–water partition coefficient (Wildman–Crippen LogP) is 6.53. The summed E-state index contributed by atoms with van der Waals surface area (Å²) in [5.74, 6) is 0.678. The van der Waals surface area contributed by atoms with Gasteiger partial charge < -0.3 is 19.1 Å². The molecule has 10 heteroatoms. The summed E-state index contributed by atoms with van der Waals surface area (Å²) in [7, 11) is 0. The second kappa shape index (κ2) is 9.31. The molecule has 0 atom stereocenters. The van der Waals surface area contributed by atoms with Crippen LogP contribution < -0.4 is 9.46 Å². The van der Waals surface area contributed by atoms with Crippen molar-refractivity contribution in [2.45, 2.75) is 32.5 Å². The SMILES string of the molecule is CC(C)(C)OC(=O)N1CC(COc2ccc(-c3c(Cl)cc(NS)cc3C(F)(F)F)cc2)C1. The normalized spacial score (nSPS) is 14.7. The molecule has 0 unspecified atom stereocenters. The molecule has 0 aromatic heterocycles. The summed E-state index contributed by atoms with van der Waals surface area (Å²) in [4.78, 5) is 13.6. The maximum Gasteiger partial charge on any atom is 0.417 e. The number of carbonyl (C=O) groups excluding carboxylic acids is 1. The highest BCUT2D eigenvalue weighted by atomic mass is 35.5. The minimum absolute atomic E-state index is 0.0401. The fraction of sp³-hybridized carbons (Fsp3) is 0.409. The molecule has 0 bridgehead atoms. The Kier molecular flexibility index (Phi) is 7.09. The van der Waals surface area contributed by atoms with E-state index >= 15 is 0 Å². The lowest BCUT2D eigenvalue weighted by molar-refractivity contribution is -0.137. The van der Waals surface area contributed by atoms with Crippen LogP contribution in [-0.2, 0) is 10.9 Å². The van der Waals surface area contributed by atoms with Crippen LogP contribution in [0.3, 0.4) is 0 Å². The number of hydrogen-bond donors (Lipinski definition) is 2. The topological polar surface area (TPSA) is 50.8 Å². The summed E-state index contributed by atoms with van der Waals surface area (Å²) in [5, 5.41) is -0.0401. The van der Waals surface area contributed by atoms with Crippen LogP contribution in [0.15, 0.2) is 36.4 Å². The molecule has 32 heavy (non-hydrogen) atoms. The summed E-state index contributed by atoms with van der Waals surface area (Å²) in [5.41, 5.74) is -1.04. The molecule has 1 saturated heterocycles. The molecule has 0 saturated carbocycles. The first kappa shape index (κ1) is 24.4.